The van der Waals surface area contributed by atoms with Crippen molar-refractivity contribution in [2.45, 2.75) is 19.9 Å². The van der Waals surface area contributed by atoms with Gasteiger partial charge in [0.1, 0.15) is 23.0 Å². The SMILES string of the molecule is CCOc1ccc(Oc2ccc(NC(=O)[C@@H]3CC(=O)N(Cc4ccco4)C3)cc2)cc1. The van der Waals surface area contributed by atoms with Crippen LogP contribution in [0.3, 0.4) is 0 Å². The van der Waals surface area contributed by atoms with Crippen LogP contribution in [-0.2, 0) is 16.1 Å². The molecule has 7 heteroatoms. The molecule has 1 N–H and O–H groups in total. The average Bonchev–Trinajstić information content (AvgIpc) is 3.41. The van der Waals surface area contributed by atoms with Gasteiger partial charge in [0.25, 0.3) is 0 Å². The number of furan rings is 1. The third-order valence-electron chi connectivity index (χ3n) is 5.00. The Morgan fingerprint density at radius 2 is 1.74 bits per heavy atom. The molecule has 0 bridgehead atoms. The monoisotopic (exact) mass is 420 g/mol. The van der Waals surface area contributed by atoms with Crippen molar-refractivity contribution in [2.24, 2.45) is 5.92 Å². The van der Waals surface area contributed by atoms with Gasteiger partial charge in [-0.15, -0.1) is 0 Å². The molecule has 160 valence electrons. The molecule has 0 aliphatic carbocycles. The normalized spacial score (nSPS) is 15.7. The van der Waals surface area contributed by atoms with Crippen LogP contribution in [0.25, 0.3) is 0 Å². The van der Waals surface area contributed by atoms with Gasteiger partial charge in [0.15, 0.2) is 0 Å². The first-order valence-electron chi connectivity index (χ1n) is 10.2. The van der Waals surface area contributed by atoms with Crippen LogP contribution in [0.1, 0.15) is 19.1 Å². The maximum atomic E-state index is 12.6. The summed E-state index contributed by atoms with van der Waals surface area (Å²) in [4.78, 5) is 26.5. The van der Waals surface area contributed by atoms with E-state index in [1.807, 2.05) is 37.3 Å². The van der Waals surface area contributed by atoms with Crippen LogP contribution in [0.5, 0.6) is 17.2 Å². The van der Waals surface area contributed by atoms with E-state index in [1.165, 1.54) is 0 Å². The number of ether oxygens (including phenoxy) is 2. The number of benzene rings is 2. The molecule has 1 atom stereocenters. The quantitative estimate of drug-likeness (QED) is 0.582. The van der Waals surface area contributed by atoms with Crippen molar-refractivity contribution in [1.29, 1.82) is 0 Å². The zero-order valence-corrected chi connectivity index (χ0v) is 17.2. The number of carbonyl (C=O) groups is 2. The highest BCUT2D eigenvalue weighted by Crippen LogP contribution is 2.26. The second-order valence-corrected chi connectivity index (χ2v) is 7.27. The minimum absolute atomic E-state index is 0.0457. The Hall–Kier alpha value is -3.74. The Morgan fingerprint density at radius 3 is 2.39 bits per heavy atom. The van der Waals surface area contributed by atoms with E-state index >= 15 is 0 Å². The zero-order chi connectivity index (χ0) is 21.6. The van der Waals surface area contributed by atoms with Crippen molar-refractivity contribution in [2.75, 3.05) is 18.5 Å². The van der Waals surface area contributed by atoms with Gasteiger partial charge in [0.05, 0.1) is 25.3 Å². The first kappa shape index (κ1) is 20.5. The van der Waals surface area contributed by atoms with Gasteiger partial charge in [-0.1, -0.05) is 0 Å². The van der Waals surface area contributed by atoms with Crippen molar-refractivity contribution < 1.29 is 23.5 Å². The van der Waals surface area contributed by atoms with Crippen LogP contribution in [0.2, 0.25) is 0 Å². The fourth-order valence-electron chi connectivity index (χ4n) is 3.45. The lowest BCUT2D eigenvalue weighted by atomic mass is 10.1. The predicted molar refractivity (Wildman–Crippen MR) is 115 cm³/mol. The summed E-state index contributed by atoms with van der Waals surface area (Å²) in [6.45, 7) is 3.31. The lowest BCUT2D eigenvalue weighted by Crippen LogP contribution is -2.27. The van der Waals surface area contributed by atoms with Crippen molar-refractivity contribution >= 4 is 17.5 Å². The van der Waals surface area contributed by atoms with Crippen LogP contribution >= 0.6 is 0 Å². The summed E-state index contributed by atoms with van der Waals surface area (Å²) in [6, 6.07) is 18.1. The number of hydrogen-bond acceptors (Lipinski definition) is 5. The first-order chi connectivity index (χ1) is 15.1. The van der Waals surface area contributed by atoms with Gasteiger partial charge in [-0.25, -0.2) is 0 Å². The van der Waals surface area contributed by atoms with Crippen LogP contribution in [0.15, 0.2) is 71.3 Å². The van der Waals surface area contributed by atoms with E-state index in [1.54, 1.807) is 41.5 Å². The van der Waals surface area contributed by atoms with Gasteiger partial charge in [-0.3, -0.25) is 9.59 Å². The van der Waals surface area contributed by atoms with Crippen LogP contribution in [0, 0.1) is 5.92 Å². The van der Waals surface area contributed by atoms with E-state index in [0.29, 0.717) is 42.6 Å². The summed E-state index contributed by atoms with van der Waals surface area (Å²) in [6.07, 6.45) is 1.77. The summed E-state index contributed by atoms with van der Waals surface area (Å²) in [5, 5.41) is 2.88. The summed E-state index contributed by atoms with van der Waals surface area (Å²) in [7, 11) is 0. The van der Waals surface area contributed by atoms with Gasteiger partial charge in [-0.2, -0.15) is 0 Å². The molecule has 1 aromatic heterocycles. The van der Waals surface area contributed by atoms with E-state index in [9.17, 15) is 9.59 Å². The Kier molecular flexibility index (Phi) is 6.21. The van der Waals surface area contributed by atoms with Crippen molar-refractivity contribution in [3.8, 4) is 17.2 Å². The summed E-state index contributed by atoms with van der Waals surface area (Å²) >= 11 is 0. The number of nitrogens with zero attached hydrogens (tertiary/aromatic N) is 1. The van der Waals surface area contributed by atoms with E-state index in [-0.39, 0.29) is 24.2 Å². The van der Waals surface area contributed by atoms with E-state index in [2.05, 4.69) is 5.32 Å². The Morgan fingerprint density at radius 1 is 1.06 bits per heavy atom. The average molecular weight is 420 g/mol. The van der Waals surface area contributed by atoms with Crippen molar-refractivity contribution in [3.63, 3.8) is 0 Å². The third kappa shape index (κ3) is 5.25. The van der Waals surface area contributed by atoms with E-state index in [0.717, 1.165) is 5.75 Å². The predicted octanol–water partition coefficient (Wildman–Crippen LogP) is 4.46. The number of rotatable bonds is 8. The summed E-state index contributed by atoms with van der Waals surface area (Å²) < 4.78 is 16.5. The molecule has 3 aromatic rings. The molecule has 4 rings (SSSR count). The Labute approximate surface area is 180 Å². The highest BCUT2D eigenvalue weighted by Gasteiger charge is 2.34. The van der Waals surface area contributed by atoms with E-state index < -0.39 is 0 Å². The number of nitrogens with one attached hydrogen (secondary N) is 1. The Balaban J connectivity index is 1.30. The molecule has 0 unspecified atom stereocenters. The topological polar surface area (TPSA) is 81.0 Å². The smallest absolute Gasteiger partial charge is 0.229 e. The molecular weight excluding hydrogens is 396 g/mol. The fraction of sp³-hybridized carbons (Fsp3) is 0.250. The van der Waals surface area contributed by atoms with Crippen molar-refractivity contribution in [1.82, 2.24) is 4.90 Å². The highest BCUT2D eigenvalue weighted by molar-refractivity contribution is 5.97. The molecule has 2 amide bonds. The fourth-order valence-corrected chi connectivity index (χ4v) is 3.45. The maximum absolute atomic E-state index is 12.6. The number of amides is 2. The molecule has 2 aromatic carbocycles. The summed E-state index contributed by atoms with van der Waals surface area (Å²) in [5.74, 6) is 2.25. The van der Waals surface area contributed by atoms with Crippen LogP contribution in [-0.4, -0.2) is 29.9 Å². The lowest BCUT2D eigenvalue weighted by molar-refractivity contribution is -0.128. The zero-order valence-electron chi connectivity index (χ0n) is 17.2. The minimum Gasteiger partial charge on any atom is -0.494 e. The highest BCUT2D eigenvalue weighted by atomic mass is 16.5. The molecular formula is C24H24N2O5. The maximum Gasteiger partial charge on any atom is 0.229 e. The number of anilines is 1. The Bertz CT molecular complexity index is 1010. The number of likely N-dealkylation sites (tertiary alicyclic amines) is 1. The second kappa shape index (κ2) is 9.38. The van der Waals surface area contributed by atoms with Gasteiger partial charge in [-0.05, 0) is 67.6 Å². The molecule has 0 saturated carbocycles. The number of hydrogen-bond donors (Lipinski definition) is 1. The van der Waals surface area contributed by atoms with E-state index in [4.69, 9.17) is 13.9 Å². The molecule has 31 heavy (non-hydrogen) atoms. The molecule has 1 aliphatic rings. The largest absolute Gasteiger partial charge is 0.494 e. The van der Waals surface area contributed by atoms with Gasteiger partial charge in [0, 0.05) is 18.7 Å². The molecule has 0 radical (unpaired) electrons. The molecule has 1 aliphatic heterocycles. The van der Waals surface area contributed by atoms with Crippen molar-refractivity contribution in [3.05, 3.63) is 72.7 Å². The van der Waals surface area contributed by atoms with Gasteiger partial charge in [0.2, 0.25) is 11.8 Å². The minimum atomic E-state index is -0.387. The first-order valence-corrected chi connectivity index (χ1v) is 10.2. The third-order valence-corrected chi connectivity index (χ3v) is 5.00. The summed E-state index contributed by atoms with van der Waals surface area (Å²) in [5.41, 5.74) is 0.654. The molecule has 0 spiro atoms. The molecule has 1 fully saturated rings. The van der Waals surface area contributed by atoms with Gasteiger partial charge >= 0.3 is 0 Å². The standard InChI is InChI=1S/C24H24N2O5/c1-2-29-19-9-11-21(12-10-19)31-20-7-5-18(6-8-20)25-24(28)17-14-23(27)26(15-17)16-22-4-3-13-30-22/h3-13,17H,2,14-16H2,1H3,(H,25,28)/t17-/m1/s1. The van der Waals surface area contributed by atoms with Crippen LogP contribution in [0.4, 0.5) is 5.69 Å². The lowest BCUT2D eigenvalue weighted by Gasteiger charge is -2.15. The number of carbonyl (C=O) groups excluding carboxylic acids is 2. The molecule has 2 heterocycles. The second-order valence-electron chi connectivity index (χ2n) is 7.27. The van der Waals surface area contributed by atoms with Gasteiger partial charge < -0.3 is 24.1 Å². The molecule has 1 saturated heterocycles. The van der Waals surface area contributed by atoms with Crippen LogP contribution < -0.4 is 14.8 Å². The molecule has 7 nitrogen and oxygen atoms in total.